The van der Waals surface area contributed by atoms with Crippen LogP contribution >= 0.6 is 0 Å². The molecule has 5 rings (SSSR count). The van der Waals surface area contributed by atoms with Crippen LogP contribution < -0.4 is 9.47 Å². The van der Waals surface area contributed by atoms with E-state index in [1.807, 2.05) is 16.9 Å². The summed E-state index contributed by atoms with van der Waals surface area (Å²) in [4.78, 5) is 4.14. The zero-order valence-electron chi connectivity index (χ0n) is 15.8. The van der Waals surface area contributed by atoms with E-state index in [1.54, 1.807) is 18.3 Å². The van der Waals surface area contributed by atoms with Gasteiger partial charge >= 0.3 is 6.36 Å². The van der Waals surface area contributed by atoms with E-state index >= 15 is 0 Å². The third-order valence-electron chi connectivity index (χ3n) is 4.59. The second-order valence-electron chi connectivity index (χ2n) is 6.61. The molecular weight excluding hydrogens is 387 g/mol. The molecule has 2 aliphatic heterocycles. The van der Waals surface area contributed by atoms with Gasteiger partial charge in [0.15, 0.2) is 5.75 Å². The van der Waals surface area contributed by atoms with E-state index in [0.29, 0.717) is 24.5 Å². The molecule has 6 nitrogen and oxygen atoms in total. The molecule has 0 radical (unpaired) electrons. The van der Waals surface area contributed by atoms with Crippen LogP contribution in [0.2, 0.25) is 0 Å². The van der Waals surface area contributed by atoms with Crippen LogP contribution in [0, 0.1) is 0 Å². The molecule has 0 spiro atoms. The fourth-order valence-corrected chi connectivity index (χ4v) is 3.06. The number of benzene rings is 2. The second kappa shape index (κ2) is 6.63. The SMILES string of the molecule is [2H]C1=Nc2cc(OC(F)(F)F)ccc2Oc2ccc(-c3cnn(C4COC4)c3)cc21. The topological polar surface area (TPSA) is 57.9 Å². The molecule has 1 saturated heterocycles. The van der Waals surface area contributed by atoms with E-state index in [0.717, 1.165) is 23.3 Å². The third kappa shape index (κ3) is 3.56. The van der Waals surface area contributed by atoms with Gasteiger partial charge < -0.3 is 14.2 Å². The van der Waals surface area contributed by atoms with Gasteiger partial charge in [-0.3, -0.25) is 9.67 Å². The Morgan fingerprint density at radius 1 is 1.10 bits per heavy atom. The summed E-state index contributed by atoms with van der Waals surface area (Å²) in [6, 6.07) is 9.07. The van der Waals surface area contributed by atoms with Crippen LogP contribution in [0.15, 0.2) is 53.8 Å². The number of aromatic nitrogens is 2. The van der Waals surface area contributed by atoms with Crippen molar-refractivity contribution in [3.63, 3.8) is 0 Å². The number of aliphatic imine (C=N–C) groups is 1. The molecule has 0 aliphatic carbocycles. The molecule has 3 heterocycles. The second-order valence-corrected chi connectivity index (χ2v) is 6.61. The molecule has 29 heavy (non-hydrogen) atoms. The predicted molar refractivity (Wildman–Crippen MR) is 98.0 cm³/mol. The minimum Gasteiger partial charge on any atom is -0.454 e. The van der Waals surface area contributed by atoms with E-state index < -0.39 is 12.1 Å². The lowest BCUT2D eigenvalue weighted by atomic mass is 10.1. The third-order valence-corrected chi connectivity index (χ3v) is 4.59. The lowest BCUT2D eigenvalue weighted by Gasteiger charge is -2.25. The van der Waals surface area contributed by atoms with Gasteiger partial charge in [0.25, 0.3) is 0 Å². The Morgan fingerprint density at radius 3 is 2.69 bits per heavy atom. The van der Waals surface area contributed by atoms with E-state index in [2.05, 4.69) is 14.8 Å². The molecule has 0 atom stereocenters. The van der Waals surface area contributed by atoms with E-state index in [-0.39, 0.29) is 23.7 Å². The Hall–Kier alpha value is -3.33. The van der Waals surface area contributed by atoms with Crippen molar-refractivity contribution in [2.45, 2.75) is 12.4 Å². The molecular formula is C20H14F3N3O3. The van der Waals surface area contributed by atoms with Gasteiger partial charge in [-0.2, -0.15) is 5.10 Å². The lowest BCUT2D eigenvalue weighted by Crippen LogP contribution is -2.30. The maximum Gasteiger partial charge on any atom is 0.573 e. The number of alkyl halides is 3. The number of fused-ring (bicyclic) bond motifs is 2. The molecule has 3 aromatic rings. The molecule has 2 aromatic carbocycles. The molecule has 2 aliphatic rings. The molecule has 9 heteroatoms. The number of ether oxygens (including phenoxy) is 3. The van der Waals surface area contributed by atoms with Gasteiger partial charge in [0.2, 0.25) is 0 Å². The van der Waals surface area contributed by atoms with Gasteiger partial charge in [-0.1, -0.05) is 6.07 Å². The smallest absolute Gasteiger partial charge is 0.454 e. The maximum absolute atomic E-state index is 12.5. The average molecular weight is 402 g/mol. The highest BCUT2D eigenvalue weighted by Crippen LogP contribution is 2.40. The first-order valence-corrected chi connectivity index (χ1v) is 8.75. The van der Waals surface area contributed by atoms with Gasteiger partial charge in [-0.15, -0.1) is 13.2 Å². The van der Waals surface area contributed by atoms with Gasteiger partial charge in [-0.25, -0.2) is 0 Å². The van der Waals surface area contributed by atoms with Crippen LogP contribution in [0.5, 0.6) is 17.2 Å². The normalized spacial score (nSPS) is 16.5. The Morgan fingerprint density at radius 2 is 1.93 bits per heavy atom. The predicted octanol–water partition coefficient (Wildman–Crippen LogP) is 4.88. The highest BCUT2D eigenvalue weighted by molar-refractivity contribution is 5.90. The zero-order valence-corrected chi connectivity index (χ0v) is 14.8. The van der Waals surface area contributed by atoms with E-state index in [9.17, 15) is 13.2 Å². The summed E-state index contributed by atoms with van der Waals surface area (Å²) in [7, 11) is 0. The monoisotopic (exact) mass is 402 g/mol. The fraction of sp³-hybridized carbons (Fsp3) is 0.200. The first-order valence-electron chi connectivity index (χ1n) is 9.25. The summed E-state index contributed by atoms with van der Waals surface area (Å²) in [6.07, 6.45) is -1.31. The van der Waals surface area contributed by atoms with Crippen LogP contribution in [0.1, 0.15) is 13.0 Å². The minimum atomic E-state index is -4.82. The van der Waals surface area contributed by atoms with Crippen molar-refractivity contribution in [3.05, 3.63) is 54.4 Å². The van der Waals surface area contributed by atoms with Crippen molar-refractivity contribution in [1.82, 2.24) is 9.78 Å². The summed E-state index contributed by atoms with van der Waals surface area (Å²) in [5.41, 5.74) is 2.18. The maximum atomic E-state index is 12.5. The standard InChI is InChI=1S/C20H14F3N3O3/c21-20(22,23)29-16-2-4-19-17(6-16)24-7-13-5-12(1-3-18(13)28-19)14-8-25-26(9-14)15-10-27-11-15/h1-9,15H,10-11H2/i7D. The minimum absolute atomic E-state index is 0.0808. The number of hydrogen-bond donors (Lipinski definition) is 0. The zero-order chi connectivity index (χ0) is 20.9. The Labute approximate surface area is 164 Å². The van der Waals surface area contributed by atoms with Crippen molar-refractivity contribution in [1.29, 1.82) is 0 Å². The van der Waals surface area contributed by atoms with Gasteiger partial charge in [0, 0.05) is 29.6 Å². The highest BCUT2D eigenvalue weighted by atomic mass is 19.4. The van der Waals surface area contributed by atoms with Gasteiger partial charge in [0.05, 0.1) is 26.8 Å². The van der Waals surface area contributed by atoms with E-state index in [4.69, 9.17) is 10.8 Å². The molecule has 0 amide bonds. The molecule has 1 fully saturated rings. The largest absolute Gasteiger partial charge is 0.573 e. The number of nitrogens with zero attached hydrogens (tertiary/aromatic N) is 3. The summed E-state index contributed by atoms with van der Waals surface area (Å²) in [5.74, 6) is 0.189. The Balaban J connectivity index is 1.48. The average Bonchev–Trinajstić information content (AvgIpc) is 3.05. The van der Waals surface area contributed by atoms with Crippen LogP contribution in [0.3, 0.4) is 0 Å². The van der Waals surface area contributed by atoms with Crippen LogP contribution in [-0.2, 0) is 4.74 Å². The number of halogens is 3. The van der Waals surface area contributed by atoms with Crippen molar-refractivity contribution in [2.75, 3.05) is 13.2 Å². The molecule has 0 saturated carbocycles. The van der Waals surface area contributed by atoms with Crippen molar-refractivity contribution in [2.24, 2.45) is 4.99 Å². The molecule has 0 bridgehead atoms. The fourth-order valence-electron chi connectivity index (χ4n) is 3.06. The summed E-state index contributed by atoms with van der Waals surface area (Å²) >= 11 is 0. The number of rotatable bonds is 3. The highest BCUT2D eigenvalue weighted by Gasteiger charge is 2.31. The van der Waals surface area contributed by atoms with Gasteiger partial charge in [0.1, 0.15) is 17.2 Å². The van der Waals surface area contributed by atoms with Crippen LogP contribution in [0.4, 0.5) is 18.9 Å². The van der Waals surface area contributed by atoms with Crippen LogP contribution in [0.25, 0.3) is 11.1 Å². The van der Waals surface area contributed by atoms with Crippen molar-refractivity contribution < 1.29 is 28.8 Å². The van der Waals surface area contributed by atoms with Crippen LogP contribution in [-0.4, -0.2) is 35.5 Å². The molecule has 1 aromatic heterocycles. The van der Waals surface area contributed by atoms with E-state index in [1.165, 1.54) is 6.07 Å². The summed E-state index contributed by atoms with van der Waals surface area (Å²) in [5, 5.41) is 4.36. The lowest BCUT2D eigenvalue weighted by molar-refractivity contribution is -0.274. The first-order chi connectivity index (χ1) is 14.4. The van der Waals surface area contributed by atoms with Gasteiger partial charge in [-0.05, 0) is 29.8 Å². The molecule has 148 valence electrons. The molecule has 0 N–H and O–H groups in total. The summed E-state index contributed by atoms with van der Waals surface area (Å²) < 4.78 is 62.5. The summed E-state index contributed by atoms with van der Waals surface area (Å²) in [6.45, 7) is 1.25. The number of hydrogen-bond acceptors (Lipinski definition) is 5. The first kappa shape index (κ1) is 16.6. The van der Waals surface area contributed by atoms with Crippen molar-refractivity contribution in [3.8, 4) is 28.4 Å². The quantitative estimate of drug-likeness (QED) is 0.627. The van der Waals surface area contributed by atoms with Crippen molar-refractivity contribution >= 4 is 11.9 Å². The Bertz CT molecular complexity index is 1160. The Kier molecular flexibility index (Phi) is 3.80. The molecule has 0 unspecified atom stereocenters.